The molecule has 1 unspecified atom stereocenters. The second-order valence-electron chi connectivity index (χ2n) is 5.11. The number of halogens is 1. The lowest BCUT2D eigenvalue weighted by Crippen LogP contribution is -2.34. The van der Waals surface area contributed by atoms with E-state index in [0.717, 1.165) is 30.8 Å². The Kier molecular flexibility index (Phi) is 5.30. The molecule has 1 heterocycles. The Morgan fingerprint density at radius 3 is 2.75 bits per heavy atom. The summed E-state index contributed by atoms with van der Waals surface area (Å²) in [5.74, 6) is 0.894. The molecule has 1 atom stereocenters. The molecule has 0 saturated carbocycles. The molecule has 2 aromatic rings. The highest BCUT2D eigenvalue weighted by Gasteiger charge is 2.14. The zero-order chi connectivity index (χ0) is 14.4. The lowest BCUT2D eigenvalue weighted by molar-refractivity contribution is 0.479. The second-order valence-corrected chi connectivity index (χ2v) is 5.11. The summed E-state index contributed by atoms with van der Waals surface area (Å²) in [6.45, 7) is 3.07. The topological polar surface area (TPSA) is 29.9 Å². The number of imidazole rings is 1. The molecule has 0 aliphatic rings. The molecule has 3 nitrogen and oxygen atoms in total. The van der Waals surface area contributed by atoms with E-state index in [4.69, 9.17) is 0 Å². The lowest BCUT2D eigenvalue weighted by atomic mass is 10.0. The Hall–Kier alpha value is -1.68. The van der Waals surface area contributed by atoms with Crippen molar-refractivity contribution in [2.24, 2.45) is 7.05 Å². The van der Waals surface area contributed by atoms with Crippen molar-refractivity contribution in [2.45, 2.75) is 32.2 Å². The Labute approximate surface area is 119 Å². The van der Waals surface area contributed by atoms with Gasteiger partial charge in [-0.15, -0.1) is 0 Å². The highest BCUT2D eigenvalue weighted by atomic mass is 19.1. The van der Waals surface area contributed by atoms with Crippen molar-refractivity contribution in [3.63, 3.8) is 0 Å². The highest BCUT2D eigenvalue weighted by Crippen LogP contribution is 2.12. The molecule has 1 aromatic carbocycles. The number of benzene rings is 1. The molecule has 0 spiro atoms. The van der Waals surface area contributed by atoms with E-state index in [1.165, 1.54) is 6.07 Å². The molecule has 0 aliphatic carbocycles. The second kappa shape index (κ2) is 7.20. The van der Waals surface area contributed by atoms with Gasteiger partial charge in [0.05, 0.1) is 0 Å². The van der Waals surface area contributed by atoms with Gasteiger partial charge in [-0.05, 0) is 31.0 Å². The van der Waals surface area contributed by atoms with Gasteiger partial charge in [-0.1, -0.05) is 25.1 Å². The van der Waals surface area contributed by atoms with Crippen LogP contribution in [0.1, 0.15) is 24.7 Å². The first-order chi connectivity index (χ1) is 9.70. The molecule has 1 N–H and O–H groups in total. The van der Waals surface area contributed by atoms with Crippen LogP contribution in [0.2, 0.25) is 0 Å². The molecular weight excluding hydrogens is 253 g/mol. The third-order valence-corrected chi connectivity index (χ3v) is 3.46. The van der Waals surface area contributed by atoms with Crippen LogP contribution in [-0.4, -0.2) is 22.1 Å². The van der Waals surface area contributed by atoms with Crippen LogP contribution in [0.15, 0.2) is 36.7 Å². The fourth-order valence-corrected chi connectivity index (χ4v) is 2.31. The molecular formula is C16H22FN3. The molecule has 4 heteroatoms. The summed E-state index contributed by atoms with van der Waals surface area (Å²) < 4.78 is 15.8. The number of aryl methyl sites for hydroxylation is 1. The van der Waals surface area contributed by atoms with E-state index in [-0.39, 0.29) is 11.9 Å². The summed E-state index contributed by atoms with van der Waals surface area (Å²) in [5.41, 5.74) is 0.760. The first-order valence-electron chi connectivity index (χ1n) is 7.13. The van der Waals surface area contributed by atoms with Crippen LogP contribution in [0.5, 0.6) is 0 Å². The van der Waals surface area contributed by atoms with Crippen LogP contribution in [0.3, 0.4) is 0 Å². The molecule has 1 aromatic heterocycles. The van der Waals surface area contributed by atoms with Gasteiger partial charge >= 0.3 is 0 Å². The van der Waals surface area contributed by atoms with E-state index in [2.05, 4.69) is 17.2 Å². The zero-order valence-electron chi connectivity index (χ0n) is 12.1. The van der Waals surface area contributed by atoms with Crippen molar-refractivity contribution in [1.29, 1.82) is 0 Å². The molecule has 0 radical (unpaired) electrons. The number of aromatic nitrogens is 2. The van der Waals surface area contributed by atoms with Crippen LogP contribution in [-0.2, 0) is 19.9 Å². The number of nitrogens with zero attached hydrogens (tertiary/aromatic N) is 2. The fourth-order valence-electron chi connectivity index (χ4n) is 2.31. The summed E-state index contributed by atoms with van der Waals surface area (Å²) in [6.07, 6.45) is 6.29. The molecule has 0 bridgehead atoms. The molecule has 0 aliphatic heterocycles. The van der Waals surface area contributed by atoms with Crippen molar-refractivity contribution in [1.82, 2.24) is 14.9 Å². The average Bonchev–Trinajstić information content (AvgIpc) is 2.84. The van der Waals surface area contributed by atoms with Gasteiger partial charge in [-0.3, -0.25) is 0 Å². The Morgan fingerprint density at radius 2 is 2.10 bits per heavy atom. The predicted octanol–water partition coefficient (Wildman–Crippen LogP) is 2.71. The summed E-state index contributed by atoms with van der Waals surface area (Å²) in [7, 11) is 1.99. The summed E-state index contributed by atoms with van der Waals surface area (Å²) in [4.78, 5) is 4.36. The van der Waals surface area contributed by atoms with Gasteiger partial charge < -0.3 is 9.88 Å². The van der Waals surface area contributed by atoms with Gasteiger partial charge in [0.1, 0.15) is 11.6 Å². The minimum Gasteiger partial charge on any atom is -0.338 e. The van der Waals surface area contributed by atoms with Crippen LogP contribution in [0.4, 0.5) is 4.39 Å². The van der Waals surface area contributed by atoms with Crippen molar-refractivity contribution in [3.8, 4) is 0 Å². The standard InChI is InChI=1S/C16H22FN3/c1-3-8-18-14(12-16-19-9-10-20(16)2)11-13-6-4-5-7-15(13)17/h4-7,9-10,14,18H,3,8,11-12H2,1-2H3. The molecule has 0 amide bonds. The summed E-state index contributed by atoms with van der Waals surface area (Å²) in [5, 5.41) is 3.49. The van der Waals surface area contributed by atoms with E-state index < -0.39 is 0 Å². The highest BCUT2D eigenvalue weighted by molar-refractivity contribution is 5.18. The number of rotatable bonds is 7. The van der Waals surface area contributed by atoms with Gasteiger partial charge in [-0.2, -0.15) is 0 Å². The fraction of sp³-hybridized carbons (Fsp3) is 0.438. The lowest BCUT2D eigenvalue weighted by Gasteiger charge is -2.18. The van der Waals surface area contributed by atoms with E-state index in [1.54, 1.807) is 12.3 Å². The van der Waals surface area contributed by atoms with Crippen molar-refractivity contribution in [3.05, 3.63) is 53.9 Å². The number of nitrogens with one attached hydrogen (secondary N) is 1. The SMILES string of the molecule is CCCNC(Cc1ccccc1F)Cc1nccn1C. The molecule has 0 fully saturated rings. The van der Waals surface area contributed by atoms with Crippen molar-refractivity contribution in [2.75, 3.05) is 6.54 Å². The third kappa shape index (κ3) is 3.90. The summed E-state index contributed by atoms with van der Waals surface area (Å²) >= 11 is 0. The van der Waals surface area contributed by atoms with Crippen LogP contribution in [0.25, 0.3) is 0 Å². The largest absolute Gasteiger partial charge is 0.338 e. The van der Waals surface area contributed by atoms with Crippen molar-refractivity contribution >= 4 is 0 Å². The van der Waals surface area contributed by atoms with Crippen molar-refractivity contribution < 1.29 is 4.39 Å². The Balaban J connectivity index is 2.07. The third-order valence-electron chi connectivity index (χ3n) is 3.46. The monoisotopic (exact) mass is 275 g/mol. The Morgan fingerprint density at radius 1 is 1.30 bits per heavy atom. The quantitative estimate of drug-likeness (QED) is 0.842. The summed E-state index contributed by atoms with van der Waals surface area (Å²) in [6, 6.07) is 7.19. The molecule has 0 saturated heterocycles. The molecule has 20 heavy (non-hydrogen) atoms. The maximum atomic E-state index is 13.8. The van der Waals surface area contributed by atoms with Crippen LogP contribution >= 0.6 is 0 Å². The minimum absolute atomic E-state index is 0.129. The van der Waals surface area contributed by atoms with Gasteiger partial charge in [0.25, 0.3) is 0 Å². The van der Waals surface area contributed by atoms with Crippen LogP contribution in [0, 0.1) is 5.82 Å². The minimum atomic E-state index is -0.129. The smallest absolute Gasteiger partial charge is 0.126 e. The van der Waals surface area contributed by atoms with Crippen LogP contribution < -0.4 is 5.32 Å². The average molecular weight is 275 g/mol. The molecule has 2 rings (SSSR count). The number of hydrogen-bond acceptors (Lipinski definition) is 2. The Bertz CT molecular complexity index is 536. The van der Waals surface area contributed by atoms with Gasteiger partial charge in [-0.25, -0.2) is 9.37 Å². The maximum absolute atomic E-state index is 13.8. The van der Waals surface area contributed by atoms with Gasteiger partial charge in [0, 0.05) is 31.9 Å². The van der Waals surface area contributed by atoms with E-state index in [1.807, 2.05) is 29.9 Å². The first kappa shape index (κ1) is 14.7. The maximum Gasteiger partial charge on any atom is 0.126 e. The number of hydrogen-bond donors (Lipinski definition) is 1. The van der Waals surface area contributed by atoms with E-state index >= 15 is 0 Å². The van der Waals surface area contributed by atoms with E-state index in [9.17, 15) is 4.39 Å². The molecule has 108 valence electrons. The van der Waals surface area contributed by atoms with Gasteiger partial charge in [0.15, 0.2) is 0 Å². The first-order valence-corrected chi connectivity index (χ1v) is 7.13. The van der Waals surface area contributed by atoms with Gasteiger partial charge in [0.2, 0.25) is 0 Å². The van der Waals surface area contributed by atoms with E-state index in [0.29, 0.717) is 6.42 Å². The zero-order valence-corrected chi connectivity index (χ0v) is 12.1. The predicted molar refractivity (Wildman–Crippen MR) is 79.1 cm³/mol. The normalized spacial score (nSPS) is 12.6.